The minimum atomic E-state index is -0.664. The van der Waals surface area contributed by atoms with Crippen LogP contribution in [-0.4, -0.2) is 51.6 Å². The summed E-state index contributed by atoms with van der Waals surface area (Å²) < 4.78 is 26.0. The number of halogens is 1. The molecule has 3 N–H and O–H groups in total. The Morgan fingerprint density at radius 3 is 2.42 bits per heavy atom. The number of nitrogens with zero attached hydrogens (tertiary/aromatic N) is 2. The predicted molar refractivity (Wildman–Crippen MR) is 164 cm³/mol. The average Bonchev–Trinajstić information content (AvgIpc) is 2.94. The Morgan fingerprint density at radius 2 is 1.74 bits per heavy atom. The zero-order valence-corrected chi connectivity index (χ0v) is 25.0. The highest BCUT2D eigenvalue weighted by Gasteiger charge is 2.30. The highest BCUT2D eigenvalue weighted by Crippen LogP contribution is 2.28. The van der Waals surface area contributed by atoms with Gasteiger partial charge in [-0.3, -0.25) is 9.59 Å². The Kier molecular flexibility index (Phi) is 10.3. The van der Waals surface area contributed by atoms with Crippen molar-refractivity contribution in [1.29, 1.82) is 0 Å². The van der Waals surface area contributed by atoms with E-state index in [0.29, 0.717) is 31.6 Å². The van der Waals surface area contributed by atoms with Gasteiger partial charge in [-0.2, -0.15) is 0 Å². The lowest BCUT2D eigenvalue weighted by Gasteiger charge is -2.32. The van der Waals surface area contributed by atoms with E-state index in [1.54, 1.807) is 11.0 Å². The predicted octanol–water partition coefficient (Wildman–Crippen LogP) is 5.65. The smallest absolute Gasteiger partial charge is 0.410 e. The molecule has 10 nitrogen and oxygen atoms in total. The summed E-state index contributed by atoms with van der Waals surface area (Å²) in [6.45, 7) is 6.26. The van der Waals surface area contributed by atoms with Gasteiger partial charge in [0.2, 0.25) is 11.8 Å². The van der Waals surface area contributed by atoms with Crippen molar-refractivity contribution < 1.29 is 28.2 Å². The first-order chi connectivity index (χ1) is 20.4. The maximum Gasteiger partial charge on any atom is 0.410 e. The van der Waals surface area contributed by atoms with Gasteiger partial charge in [0.15, 0.2) is 16.7 Å². The van der Waals surface area contributed by atoms with Crippen LogP contribution >= 0.6 is 12.2 Å². The lowest BCUT2D eigenvalue weighted by molar-refractivity contribution is -0.121. The molecule has 226 valence electrons. The molecule has 2 heterocycles. The van der Waals surface area contributed by atoms with Crippen LogP contribution in [0.3, 0.4) is 0 Å². The third kappa shape index (κ3) is 9.74. The number of piperidine rings is 1. The number of amides is 3. The van der Waals surface area contributed by atoms with E-state index in [-0.39, 0.29) is 52.7 Å². The van der Waals surface area contributed by atoms with Crippen molar-refractivity contribution in [1.82, 2.24) is 15.2 Å². The number of benzene rings is 2. The number of carbonyl (C=O) groups is 3. The molecule has 0 saturated carbocycles. The molecule has 3 aromatic rings. The molecule has 3 amide bonds. The van der Waals surface area contributed by atoms with Gasteiger partial charge in [-0.15, -0.1) is 0 Å². The maximum atomic E-state index is 14.9. The Hall–Kier alpha value is -4.58. The normalized spacial score (nSPS) is 13.5. The van der Waals surface area contributed by atoms with Crippen LogP contribution in [0.1, 0.15) is 39.2 Å². The molecule has 0 bridgehead atoms. The van der Waals surface area contributed by atoms with Gasteiger partial charge < -0.3 is 30.3 Å². The van der Waals surface area contributed by atoms with Crippen molar-refractivity contribution in [2.24, 2.45) is 5.92 Å². The van der Waals surface area contributed by atoms with Gasteiger partial charge in [0.1, 0.15) is 17.2 Å². The molecule has 0 radical (unpaired) electrons. The van der Waals surface area contributed by atoms with Gasteiger partial charge in [-0.05, 0) is 69.6 Å². The zero-order chi connectivity index (χ0) is 31.0. The number of carbonyl (C=O) groups excluding carboxylic acids is 3. The number of aromatic nitrogens is 1. The Morgan fingerprint density at radius 1 is 1.02 bits per heavy atom. The number of pyridine rings is 1. The molecule has 0 unspecified atom stereocenters. The number of nitrogens with one attached hydrogen (secondary N) is 3. The van der Waals surface area contributed by atoms with E-state index in [2.05, 4.69) is 20.9 Å². The van der Waals surface area contributed by atoms with Gasteiger partial charge in [-0.25, -0.2) is 14.2 Å². The fourth-order valence-corrected chi connectivity index (χ4v) is 4.56. The fourth-order valence-electron chi connectivity index (χ4n) is 4.32. The molecule has 1 aliphatic heterocycles. The minimum absolute atomic E-state index is 0.0408. The standard InChI is InChI=1S/C31H34FN5O5S/c1-31(2,3)42-30(40)37-15-12-21(13-16-37)28(39)35-26-19-23(11-14-33-26)41-25-10-9-22(18-24(25)32)34-29(43)36-27(38)17-20-7-5-4-6-8-20/h4-11,14,18-19,21H,12-13,15-17H2,1-3H3,(H,33,35,39)(H2,34,36,38,43). The number of ether oxygens (including phenoxy) is 2. The van der Waals surface area contributed by atoms with Crippen LogP contribution in [0.15, 0.2) is 66.9 Å². The third-order valence-corrected chi connectivity index (χ3v) is 6.58. The summed E-state index contributed by atoms with van der Waals surface area (Å²) in [7, 11) is 0. The highest BCUT2D eigenvalue weighted by molar-refractivity contribution is 7.80. The number of likely N-dealkylation sites (tertiary alicyclic amines) is 1. The number of hydrogen-bond donors (Lipinski definition) is 3. The number of rotatable bonds is 7. The van der Waals surface area contributed by atoms with E-state index < -0.39 is 11.4 Å². The second kappa shape index (κ2) is 14.1. The van der Waals surface area contributed by atoms with Crippen LogP contribution in [0.4, 0.5) is 20.7 Å². The van der Waals surface area contributed by atoms with Gasteiger partial charge in [0.05, 0.1) is 6.42 Å². The Balaban J connectivity index is 1.27. The third-order valence-electron chi connectivity index (χ3n) is 6.38. The number of hydrogen-bond acceptors (Lipinski definition) is 7. The zero-order valence-electron chi connectivity index (χ0n) is 24.2. The second-order valence-corrected chi connectivity index (χ2v) is 11.4. The maximum absolute atomic E-state index is 14.9. The Labute approximate surface area is 255 Å². The highest BCUT2D eigenvalue weighted by atomic mass is 32.1. The fraction of sp³-hybridized carbons (Fsp3) is 0.323. The van der Waals surface area contributed by atoms with Gasteiger partial charge in [0, 0.05) is 43.0 Å². The summed E-state index contributed by atoms with van der Waals surface area (Å²) in [5.41, 5.74) is 0.589. The Bertz CT molecular complexity index is 1470. The van der Waals surface area contributed by atoms with Crippen molar-refractivity contribution in [3.8, 4) is 11.5 Å². The molecular weight excluding hydrogens is 573 g/mol. The van der Waals surface area contributed by atoms with Gasteiger partial charge >= 0.3 is 6.09 Å². The SMILES string of the molecule is CC(C)(C)OC(=O)N1CCC(C(=O)Nc2cc(Oc3ccc(NC(=S)NC(=O)Cc4ccccc4)cc3F)ccn2)CC1. The molecule has 4 rings (SSSR count). The number of thiocarbonyl (C=S) groups is 1. The van der Waals surface area contributed by atoms with Crippen LogP contribution in [0, 0.1) is 11.7 Å². The largest absolute Gasteiger partial charge is 0.454 e. The lowest BCUT2D eigenvalue weighted by atomic mass is 9.96. The topological polar surface area (TPSA) is 122 Å². The minimum Gasteiger partial charge on any atom is -0.454 e. The summed E-state index contributed by atoms with van der Waals surface area (Å²) in [5.74, 6) is -1.000. The summed E-state index contributed by atoms with van der Waals surface area (Å²) in [4.78, 5) is 43.1. The first-order valence-electron chi connectivity index (χ1n) is 13.8. The average molecular weight is 608 g/mol. The van der Waals surface area contributed by atoms with Crippen molar-refractivity contribution in [2.45, 2.75) is 45.6 Å². The molecule has 1 aromatic heterocycles. The molecular formula is C31H34FN5O5S. The first kappa shape index (κ1) is 31.4. The summed E-state index contributed by atoms with van der Waals surface area (Å²) in [6, 6.07) is 16.4. The molecule has 0 aliphatic carbocycles. The lowest BCUT2D eigenvalue weighted by Crippen LogP contribution is -2.43. The summed E-state index contributed by atoms with van der Waals surface area (Å²) in [5, 5.41) is 8.18. The van der Waals surface area contributed by atoms with Crippen molar-refractivity contribution >= 4 is 46.7 Å². The van der Waals surface area contributed by atoms with Gasteiger partial charge in [0.25, 0.3) is 0 Å². The molecule has 12 heteroatoms. The van der Waals surface area contributed by atoms with Crippen LogP contribution in [0.2, 0.25) is 0 Å². The van der Waals surface area contributed by atoms with Crippen LogP contribution in [0.5, 0.6) is 11.5 Å². The van der Waals surface area contributed by atoms with Crippen molar-refractivity contribution in [2.75, 3.05) is 23.7 Å². The van der Waals surface area contributed by atoms with Crippen LogP contribution in [-0.2, 0) is 20.7 Å². The summed E-state index contributed by atoms with van der Waals surface area (Å²) in [6.07, 6.45) is 2.20. The van der Waals surface area contributed by atoms with E-state index in [4.69, 9.17) is 21.7 Å². The van der Waals surface area contributed by atoms with E-state index in [1.807, 2.05) is 51.1 Å². The van der Waals surface area contributed by atoms with Crippen molar-refractivity contribution in [3.63, 3.8) is 0 Å². The first-order valence-corrected chi connectivity index (χ1v) is 14.2. The molecule has 43 heavy (non-hydrogen) atoms. The van der Waals surface area contributed by atoms with Crippen LogP contribution < -0.4 is 20.7 Å². The van der Waals surface area contributed by atoms with E-state index in [1.165, 1.54) is 30.5 Å². The monoisotopic (exact) mass is 607 g/mol. The molecule has 1 aliphatic rings. The second-order valence-electron chi connectivity index (χ2n) is 11.0. The van der Waals surface area contributed by atoms with Crippen LogP contribution in [0.25, 0.3) is 0 Å². The number of anilines is 2. The summed E-state index contributed by atoms with van der Waals surface area (Å²) >= 11 is 5.18. The van der Waals surface area contributed by atoms with E-state index >= 15 is 0 Å². The van der Waals surface area contributed by atoms with Crippen molar-refractivity contribution in [3.05, 3.63) is 78.2 Å². The quantitative estimate of drug-likeness (QED) is 0.295. The van der Waals surface area contributed by atoms with E-state index in [0.717, 1.165) is 5.56 Å². The molecule has 1 fully saturated rings. The molecule has 0 atom stereocenters. The van der Waals surface area contributed by atoms with E-state index in [9.17, 15) is 18.8 Å². The van der Waals surface area contributed by atoms with Gasteiger partial charge in [-0.1, -0.05) is 30.3 Å². The molecule has 2 aromatic carbocycles. The molecule has 1 saturated heterocycles. The molecule has 0 spiro atoms.